The largest absolute Gasteiger partial charge is 0.491 e. The van der Waals surface area contributed by atoms with Crippen molar-refractivity contribution in [1.82, 2.24) is 0 Å². The third-order valence-corrected chi connectivity index (χ3v) is 8.46. The molecule has 1 saturated carbocycles. The van der Waals surface area contributed by atoms with Crippen LogP contribution >= 0.6 is 11.6 Å². The number of anilines is 3. The van der Waals surface area contributed by atoms with Crippen LogP contribution in [0.25, 0.3) is 0 Å². The van der Waals surface area contributed by atoms with Crippen LogP contribution in [0.4, 0.5) is 17.1 Å². The predicted molar refractivity (Wildman–Crippen MR) is 137 cm³/mol. The Hall–Kier alpha value is -2.64. The van der Waals surface area contributed by atoms with Crippen LogP contribution < -0.4 is 20.3 Å². The summed E-state index contributed by atoms with van der Waals surface area (Å²) in [6.07, 6.45) is 4.57. The zero-order valence-corrected chi connectivity index (χ0v) is 20.6. The Bertz CT molecular complexity index is 1170. The van der Waals surface area contributed by atoms with Gasteiger partial charge in [-0.25, -0.2) is 0 Å². The molecule has 7 nitrogen and oxygen atoms in total. The van der Waals surface area contributed by atoms with Crippen molar-refractivity contribution in [3.05, 3.63) is 46.0 Å². The van der Waals surface area contributed by atoms with Gasteiger partial charge in [0.25, 0.3) is 0 Å². The lowest BCUT2D eigenvalue weighted by Crippen LogP contribution is -2.49. The average Bonchev–Trinajstić information content (AvgIpc) is 3.48. The summed E-state index contributed by atoms with van der Waals surface area (Å²) in [4.78, 5) is 14.1. The van der Waals surface area contributed by atoms with E-state index in [9.17, 15) is 15.0 Å². The van der Waals surface area contributed by atoms with E-state index in [0.717, 1.165) is 60.3 Å². The van der Waals surface area contributed by atoms with E-state index in [1.807, 2.05) is 6.07 Å². The van der Waals surface area contributed by atoms with Gasteiger partial charge in [0.05, 0.1) is 28.9 Å². The number of carboxylic acid groups (broad SMARTS) is 1. The number of carboxylic acids is 1. The van der Waals surface area contributed by atoms with Gasteiger partial charge in [0.15, 0.2) is 0 Å². The van der Waals surface area contributed by atoms with Crippen LogP contribution in [0, 0.1) is 5.92 Å². The molecule has 0 amide bonds. The highest BCUT2D eigenvalue weighted by atomic mass is 35.5. The van der Waals surface area contributed by atoms with E-state index < -0.39 is 18.2 Å². The molecule has 2 aromatic carbocycles. The van der Waals surface area contributed by atoms with E-state index in [-0.39, 0.29) is 12.0 Å². The summed E-state index contributed by atoms with van der Waals surface area (Å²) in [7, 11) is 0. The monoisotopic (exact) mass is 497 g/mol. The number of carbonyl (C=O) groups is 1. The fourth-order valence-corrected chi connectivity index (χ4v) is 6.71. The van der Waals surface area contributed by atoms with Crippen molar-refractivity contribution >= 4 is 34.6 Å². The van der Waals surface area contributed by atoms with Gasteiger partial charge in [0, 0.05) is 29.8 Å². The Balaban J connectivity index is 1.40. The highest BCUT2D eigenvalue weighted by Crippen LogP contribution is 2.49. The van der Waals surface area contributed by atoms with Crippen LogP contribution in [0.3, 0.4) is 0 Å². The lowest BCUT2D eigenvalue weighted by atomic mass is 9.84. The first kappa shape index (κ1) is 22.8. The molecule has 4 N–H and O–H groups in total. The van der Waals surface area contributed by atoms with Crippen molar-refractivity contribution in [1.29, 1.82) is 0 Å². The van der Waals surface area contributed by atoms with Crippen molar-refractivity contribution in [2.45, 2.75) is 76.2 Å². The number of hydrogen-bond acceptors (Lipinski definition) is 6. The minimum atomic E-state index is -0.845. The van der Waals surface area contributed by atoms with Crippen molar-refractivity contribution in [2.75, 3.05) is 22.1 Å². The molecular formula is C27H32ClN3O4. The Morgan fingerprint density at radius 3 is 2.89 bits per heavy atom. The van der Waals surface area contributed by atoms with Crippen molar-refractivity contribution in [3.8, 4) is 5.75 Å². The van der Waals surface area contributed by atoms with Crippen molar-refractivity contribution in [2.24, 2.45) is 5.92 Å². The molecule has 186 valence electrons. The van der Waals surface area contributed by atoms with Gasteiger partial charge in [0.2, 0.25) is 0 Å². The summed E-state index contributed by atoms with van der Waals surface area (Å²) in [6, 6.07) is 8.51. The number of fused-ring (bicyclic) bond motifs is 4. The number of nitrogens with one attached hydrogen (secondary N) is 2. The fraction of sp³-hybridized carbons (Fsp3) is 0.519. The standard InChI is InChI=1S/C27H32ClN3O4/c1-14-5-6-19-21(29-14)7-8-22-23(19)30-26(31(22)18-4-2-3-16(12-18)27(33)34)24(32)17-11-15-9-10-35-25(15)20(28)13-17/h7-8,11,13-14,16,18,24,26,29-30,32H,2-6,9-10,12H2,1H3,(H,33,34)/t14-,16?,18?,24?,26?/m0/s1. The third kappa shape index (κ3) is 3.89. The second kappa shape index (κ2) is 8.79. The van der Waals surface area contributed by atoms with Crippen molar-refractivity contribution in [3.63, 3.8) is 0 Å². The molecule has 0 aromatic heterocycles. The maximum atomic E-state index is 11.8. The minimum absolute atomic E-state index is 0.0278. The lowest BCUT2D eigenvalue weighted by Gasteiger charge is -2.40. The molecule has 6 rings (SSSR count). The summed E-state index contributed by atoms with van der Waals surface area (Å²) in [5.41, 5.74) is 6.25. The number of rotatable bonds is 4. The topological polar surface area (TPSA) is 94.1 Å². The SMILES string of the molecule is C[C@H]1CCc2c(ccc3c2NC(C(O)c2cc(Cl)c4c(c2)CCO4)N3C2CCCC(C(=O)O)C2)N1. The summed E-state index contributed by atoms with van der Waals surface area (Å²) in [5, 5.41) is 29.2. The summed E-state index contributed by atoms with van der Waals surface area (Å²) < 4.78 is 5.66. The van der Waals surface area contributed by atoms with Gasteiger partial charge in [-0.1, -0.05) is 18.0 Å². The third-order valence-electron chi connectivity index (χ3n) is 8.18. The molecule has 35 heavy (non-hydrogen) atoms. The van der Waals surface area contributed by atoms with Crippen LogP contribution in [0.1, 0.15) is 61.8 Å². The second-order valence-corrected chi connectivity index (χ2v) is 10.9. The van der Waals surface area contributed by atoms with Gasteiger partial charge >= 0.3 is 5.97 Å². The average molecular weight is 498 g/mol. The predicted octanol–water partition coefficient (Wildman–Crippen LogP) is 4.96. The van der Waals surface area contributed by atoms with E-state index in [1.54, 1.807) is 6.07 Å². The molecule has 8 heteroatoms. The second-order valence-electron chi connectivity index (χ2n) is 10.5. The number of hydrogen-bond donors (Lipinski definition) is 4. The van der Waals surface area contributed by atoms with E-state index in [1.165, 1.54) is 5.56 Å². The Labute approximate surface area is 210 Å². The van der Waals surface area contributed by atoms with Crippen LogP contribution in [-0.2, 0) is 17.6 Å². The molecule has 3 heterocycles. The first-order chi connectivity index (χ1) is 16.9. The minimum Gasteiger partial charge on any atom is -0.491 e. The highest BCUT2D eigenvalue weighted by molar-refractivity contribution is 6.32. The van der Waals surface area contributed by atoms with Crippen LogP contribution in [0.5, 0.6) is 5.75 Å². The van der Waals surface area contributed by atoms with Gasteiger partial charge in [-0.3, -0.25) is 4.79 Å². The number of nitrogens with zero attached hydrogens (tertiary/aromatic N) is 1. The number of aliphatic carboxylic acids is 1. The number of aliphatic hydroxyl groups is 1. The molecule has 5 atom stereocenters. The molecule has 0 saturated heterocycles. The molecule has 1 fully saturated rings. The quantitative estimate of drug-likeness (QED) is 0.474. The first-order valence-corrected chi connectivity index (χ1v) is 13.1. The van der Waals surface area contributed by atoms with Gasteiger partial charge in [-0.15, -0.1) is 0 Å². The Kier molecular flexibility index (Phi) is 5.72. The Morgan fingerprint density at radius 2 is 2.06 bits per heavy atom. The molecule has 3 aliphatic heterocycles. The van der Waals surface area contributed by atoms with Gasteiger partial charge in [-0.2, -0.15) is 0 Å². The zero-order chi connectivity index (χ0) is 24.3. The number of ether oxygens (including phenoxy) is 1. The van der Waals surface area contributed by atoms with Crippen LogP contribution in [0.2, 0.25) is 5.02 Å². The van der Waals surface area contributed by atoms with E-state index >= 15 is 0 Å². The normalized spacial score (nSPS) is 27.7. The molecule has 2 aromatic rings. The summed E-state index contributed by atoms with van der Waals surface area (Å²) in [6.45, 7) is 2.79. The zero-order valence-electron chi connectivity index (χ0n) is 19.9. The molecule has 0 radical (unpaired) electrons. The van der Waals surface area contributed by atoms with Crippen LogP contribution in [-0.4, -0.2) is 41.0 Å². The molecule has 1 aliphatic carbocycles. The summed E-state index contributed by atoms with van der Waals surface area (Å²) >= 11 is 6.52. The first-order valence-electron chi connectivity index (χ1n) is 12.7. The van der Waals surface area contributed by atoms with Gasteiger partial charge in [0.1, 0.15) is 18.0 Å². The number of benzene rings is 2. The lowest BCUT2D eigenvalue weighted by molar-refractivity contribution is -0.143. The number of halogens is 1. The fourth-order valence-electron chi connectivity index (χ4n) is 6.41. The van der Waals surface area contributed by atoms with Gasteiger partial charge < -0.3 is 30.5 Å². The van der Waals surface area contributed by atoms with Crippen molar-refractivity contribution < 1.29 is 19.7 Å². The maximum absolute atomic E-state index is 11.8. The molecule has 0 bridgehead atoms. The molecule has 4 aliphatic rings. The molecule has 0 spiro atoms. The number of aliphatic hydroxyl groups excluding tert-OH is 1. The van der Waals surface area contributed by atoms with E-state index in [2.05, 4.69) is 34.6 Å². The van der Waals surface area contributed by atoms with Gasteiger partial charge in [-0.05, 0) is 74.4 Å². The maximum Gasteiger partial charge on any atom is 0.306 e. The van der Waals surface area contributed by atoms with E-state index in [4.69, 9.17) is 16.3 Å². The molecular weight excluding hydrogens is 466 g/mol. The Morgan fingerprint density at radius 1 is 1.20 bits per heavy atom. The molecule has 4 unspecified atom stereocenters. The van der Waals surface area contributed by atoms with Crippen LogP contribution in [0.15, 0.2) is 24.3 Å². The highest BCUT2D eigenvalue weighted by Gasteiger charge is 2.43. The smallest absolute Gasteiger partial charge is 0.306 e. The van der Waals surface area contributed by atoms with E-state index in [0.29, 0.717) is 36.3 Å². The summed E-state index contributed by atoms with van der Waals surface area (Å²) in [5.74, 6) is -0.372.